The molecule has 0 unspecified atom stereocenters. The summed E-state index contributed by atoms with van der Waals surface area (Å²) in [6.07, 6.45) is -5.72. The van der Waals surface area contributed by atoms with Crippen molar-refractivity contribution in [2.75, 3.05) is 12.3 Å². The molecule has 3 nitrogen and oxygen atoms in total. The number of ether oxygens (including phenoxy) is 1. The van der Waals surface area contributed by atoms with E-state index in [2.05, 4.69) is 9.72 Å². The van der Waals surface area contributed by atoms with Gasteiger partial charge in [0.25, 0.3) is 0 Å². The zero-order valence-electron chi connectivity index (χ0n) is 8.36. The molecule has 0 radical (unpaired) electrons. The largest absolute Gasteiger partial charge is 0.470 e. The van der Waals surface area contributed by atoms with Gasteiger partial charge in [0.15, 0.2) is 6.61 Å². The summed E-state index contributed by atoms with van der Waals surface area (Å²) >= 11 is 11.0. The first kappa shape index (κ1) is 15.0. The molecule has 0 aliphatic rings. The summed E-state index contributed by atoms with van der Waals surface area (Å²) in [6.45, 7) is -1.95. The average Bonchev–Trinajstić information content (AvgIpc) is 2.20. The van der Waals surface area contributed by atoms with Crippen LogP contribution >= 0.6 is 23.2 Å². The Bertz CT molecular complexity index is 452. The van der Waals surface area contributed by atoms with Gasteiger partial charge in [0.05, 0.1) is 5.02 Å². The second-order valence-electron chi connectivity index (χ2n) is 3.13. The molecule has 2 N–H and O–H groups in total. The molecule has 0 atom stereocenters. The summed E-state index contributed by atoms with van der Waals surface area (Å²) in [5, 5.41) is -0.401. The van der Waals surface area contributed by atoms with Gasteiger partial charge >= 0.3 is 12.1 Å². The quantitative estimate of drug-likeness (QED) is 0.869. The van der Waals surface area contributed by atoms with Crippen LogP contribution in [0, 0.1) is 0 Å². The second kappa shape index (κ2) is 4.93. The molecule has 0 amide bonds. The van der Waals surface area contributed by atoms with Crippen molar-refractivity contribution in [1.82, 2.24) is 4.98 Å². The van der Waals surface area contributed by atoms with Crippen LogP contribution in [-0.2, 0) is 0 Å². The van der Waals surface area contributed by atoms with Crippen molar-refractivity contribution in [2.24, 2.45) is 0 Å². The van der Waals surface area contributed by atoms with Crippen molar-refractivity contribution in [3.05, 3.63) is 16.1 Å². The molecule has 1 aromatic heterocycles. The maximum Gasteiger partial charge on any atom is 0.456 e. The van der Waals surface area contributed by atoms with Crippen molar-refractivity contribution in [3.8, 4) is 5.88 Å². The van der Waals surface area contributed by atoms with E-state index < -0.39 is 24.6 Å². The molecule has 0 saturated heterocycles. The highest BCUT2D eigenvalue weighted by Crippen LogP contribution is 2.37. The van der Waals surface area contributed by atoms with Gasteiger partial charge in [-0.2, -0.15) is 26.9 Å². The molecule has 0 bridgehead atoms. The van der Waals surface area contributed by atoms with Crippen LogP contribution in [0.15, 0.2) is 6.07 Å². The van der Waals surface area contributed by atoms with Gasteiger partial charge in [-0.3, -0.25) is 0 Å². The molecule has 0 aliphatic heterocycles. The van der Waals surface area contributed by atoms with Crippen LogP contribution in [0.1, 0.15) is 0 Å². The fraction of sp³-hybridized carbons (Fsp3) is 0.375. The van der Waals surface area contributed by atoms with Gasteiger partial charge in [-0.15, -0.1) is 0 Å². The van der Waals surface area contributed by atoms with Crippen LogP contribution in [-0.4, -0.2) is 23.7 Å². The van der Waals surface area contributed by atoms with E-state index in [0.29, 0.717) is 0 Å². The number of hydrogen-bond acceptors (Lipinski definition) is 3. The van der Waals surface area contributed by atoms with Gasteiger partial charge < -0.3 is 10.5 Å². The fourth-order valence-electron chi connectivity index (χ4n) is 0.805. The minimum atomic E-state index is -5.72. The first-order valence-electron chi connectivity index (χ1n) is 4.23. The molecule has 1 rings (SSSR count). The summed E-state index contributed by atoms with van der Waals surface area (Å²) in [7, 11) is 0. The first-order valence-corrected chi connectivity index (χ1v) is 4.99. The van der Waals surface area contributed by atoms with Crippen molar-refractivity contribution >= 4 is 29.0 Å². The molecule has 0 saturated carbocycles. The zero-order valence-corrected chi connectivity index (χ0v) is 9.87. The van der Waals surface area contributed by atoms with Crippen LogP contribution < -0.4 is 10.5 Å². The minimum Gasteiger partial charge on any atom is -0.470 e. The molecule has 0 spiro atoms. The third-order valence-electron chi connectivity index (χ3n) is 1.73. The number of pyridine rings is 1. The molecule has 0 fully saturated rings. The van der Waals surface area contributed by atoms with Gasteiger partial charge in [-0.1, -0.05) is 23.2 Å². The predicted molar refractivity (Wildman–Crippen MR) is 55.2 cm³/mol. The van der Waals surface area contributed by atoms with Crippen LogP contribution in [0.25, 0.3) is 0 Å². The van der Waals surface area contributed by atoms with E-state index in [1.165, 1.54) is 0 Å². The Balaban J connectivity index is 2.85. The van der Waals surface area contributed by atoms with E-state index in [0.717, 1.165) is 6.07 Å². The van der Waals surface area contributed by atoms with E-state index in [1.54, 1.807) is 0 Å². The standard InChI is InChI=1S/C8H5Cl2F5N2O/c9-3-1-4(10)6(17-5(3)16)18-2-7(11,12)8(13,14)15/h1H,2H2,(H2,16,17). The molecule has 0 aromatic carbocycles. The summed E-state index contributed by atoms with van der Waals surface area (Å²) in [5.74, 6) is -5.97. The van der Waals surface area contributed by atoms with E-state index >= 15 is 0 Å². The van der Waals surface area contributed by atoms with Gasteiger partial charge in [0.2, 0.25) is 5.88 Å². The lowest BCUT2D eigenvalue weighted by Crippen LogP contribution is -2.41. The number of hydrogen-bond donors (Lipinski definition) is 1. The third kappa shape index (κ3) is 3.26. The highest BCUT2D eigenvalue weighted by Gasteiger charge is 2.58. The number of anilines is 1. The van der Waals surface area contributed by atoms with Crippen molar-refractivity contribution in [3.63, 3.8) is 0 Å². The smallest absolute Gasteiger partial charge is 0.456 e. The van der Waals surface area contributed by atoms with Gasteiger partial charge in [0.1, 0.15) is 10.8 Å². The lowest BCUT2D eigenvalue weighted by atomic mass is 10.3. The number of rotatable bonds is 3. The van der Waals surface area contributed by atoms with Gasteiger partial charge in [-0.25, -0.2) is 0 Å². The SMILES string of the molecule is Nc1nc(OCC(F)(F)C(F)(F)F)c(Cl)cc1Cl. The monoisotopic (exact) mass is 310 g/mol. The lowest BCUT2D eigenvalue weighted by Gasteiger charge is -2.19. The highest BCUT2D eigenvalue weighted by atomic mass is 35.5. The van der Waals surface area contributed by atoms with Crippen LogP contribution in [0.5, 0.6) is 5.88 Å². The fourth-order valence-corrected chi connectivity index (χ4v) is 1.22. The summed E-state index contributed by atoms with van der Waals surface area (Å²) in [6, 6.07) is 1.02. The minimum absolute atomic E-state index is 0.0741. The Labute approximate surface area is 108 Å². The number of nitrogens with two attached hydrogens (primary N) is 1. The van der Waals surface area contributed by atoms with E-state index in [-0.39, 0.29) is 15.9 Å². The Morgan fingerprint density at radius 1 is 1.17 bits per heavy atom. The number of aromatic nitrogens is 1. The van der Waals surface area contributed by atoms with Crippen LogP contribution in [0.2, 0.25) is 10.0 Å². The van der Waals surface area contributed by atoms with E-state index in [9.17, 15) is 22.0 Å². The Morgan fingerprint density at radius 2 is 1.72 bits per heavy atom. The highest BCUT2D eigenvalue weighted by molar-refractivity contribution is 6.36. The topological polar surface area (TPSA) is 48.1 Å². The number of halogens is 7. The number of nitrogen functional groups attached to an aromatic ring is 1. The summed E-state index contributed by atoms with van der Waals surface area (Å²) in [5.41, 5.74) is 5.22. The normalized spacial score (nSPS) is 12.6. The number of nitrogens with zero attached hydrogens (tertiary/aromatic N) is 1. The third-order valence-corrected chi connectivity index (χ3v) is 2.30. The first-order chi connectivity index (χ1) is 8.04. The maximum absolute atomic E-state index is 12.5. The van der Waals surface area contributed by atoms with Crippen LogP contribution in [0.3, 0.4) is 0 Å². The van der Waals surface area contributed by atoms with Gasteiger partial charge in [0, 0.05) is 0 Å². The summed E-state index contributed by atoms with van der Waals surface area (Å²) in [4.78, 5) is 3.35. The lowest BCUT2D eigenvalue weighted by molar-refractivity contribution is -0.290. The summed E-state index contributed by atoms with van der Waals surface area (Å²) < 4.78 is 64.9. The Morgan fingerprint density at radius 3 is 2.22 bits per heavy atom. The Hall–Kier alpha value is -1.02. The van der Waals surface area contributed by atoms with Gasteiger partial charge in [-0.05, 0) is 6.07 Å². The van der Waals surface area contributed by atoms with Crippen molar-refractivity contribution in [2.45, 2.75) is 12.1 Å². The second-order valence-corrected chi connectivity index (χ2v) is 3.95. The van der Waals surface area contributed by atoms with Crippen molar-refractivity contribution in [1.29, 1.82) is 0 Å². The molecule has 18 heavy (non-hydrogen) atoms. The predicted octanol–water partition coefficient (Wildman–Crippen LogP) is 3.55. The van der Waals surface area contributed by atoms with E-state index in [1.807, 2.05) is 0 Å². The van der Waals surface area contributed by atoms with Crippen LogP contribution in [0.4, 0.5) is 27.8 Å². The number of alkyl halides is 5. The molecular weight excluding hydrogens is 306 g/mol. The molecule has 0 aliphatic carbocycles. The van der Waals surface area contributed by atoms with Crippen molar-refractivity contribution < 1.29 is 26.7 Å². The molecular formula is C8H5Cl2F5N2O. The van der Waals surface area contributed by atoms with E-state index in [4.69, 9.17) is 28.9 Å². The average molecular weight is 311 g/mol. The Kier molecular flexibility index (Phi) is 4.12. The molecule has 10 heteroatoms. The molecule has 1 aromatic rings. The zero-order chi connectivity index (χ0) is 14.1. The maximum atomic E-state index is 12.5. The molecule has 1 heterocycles. The molecule has 102 valence electrons.